The van der Waals surface area contributed by atoms with Gasteiger partial charge in [0.05, 0.1) is 17.9 Å². The summed E-state index contributed by atoms with van der Waals surface area (Å²) in [6.07, 6.45) is 6.97. The van der Waals surface area contributed by atoms with Gasteiger partial charge in [-0.1, -0.05) is 6.07 Å². The van der Waals surface area contributed by atoms with Crippen molar-refractivity contribution in [1.82, 2.24) is 25.0 Å². The van der Waals surface area contributed by atoms with Gasteiger partial charge in [-0.2, -0.15) is 5.10 Å². The zero-order valence-electron chi connectivity index (χ0n) is 17.1. The zero-order chi connectivity index (χ0) is 19.6. The average molecular weight is 382 g/mol. The van der Waals surface area contributed by atoms with Crippen LogP contribution in [0.15, 0.2) is 24.4 Å². The lowest BCUT2D eigenvalue weighted by molar-refractivity contribution is -0.140. The molecule has 4 heterocycles. The summed E-state index contributed by atoms with van der Waals surface area (Å²) in [4.78, 5) is 21.6. The number of carbonyl (C=O) groups is 1. The minimum Gasteiger partial charge on any atom is -0.336 e. The molecular weight excluding hydrogens is 350 g/mol. The molecule has 2 saturated heterocycles. The lowest BCUT2D eigenvalue weighted by Gasteiger charge is -2.48. The first kappa shape index (κ1) is 19.1. The number of nitrogens with zero attached hydrogens (tertiary/aromatic N) is 4. The highest BCUT2D eigenvalue weighted by Crippen LogP contribution is 2.39. The van der Waals surface area contributed by atoms with Crippen molar-refractivity contribution >= 4 is 5.91 Å². The molecule has 2 aliphatic heterocycles. The van der Waals surface area contributed by atoms with Gasteiger partial charge >= 0.3 is 0 Å². The van der Waals surface area contributed by atoms with Gasteiger partial charge in [-0.05, 0) is 63.8 Å². The van der Waals surface area contributed by atoms with Crippen LogP contribution >= 0.6 is 0 Å². The SMILES string of the molecule is Cc1n[nH]c(C)c1CCN1CCCC2(CCC(=O)N(Cc3ccccn3)C2)C1. The molecule has 2 aromatic heterocycles. The van der Waals surface area contributed by atoms with E-state index in [1.165, 1.54) is 24.1 Å². The maximum atomic E-state index is 12.5. The van der Waals surface area contributed by atoms with Crippen molar-refractivity contribution in [2.24, 2.45) is 5.41 Å². The summed E-state index contributed by atoms with van der Waals surface area (Å²) in [5.74, 6) is 0.276. The van der Waals surface area contributed by atoms with Gasteiger partial charge in [0.1, 0.15) is 0 Å². The van der Waals surface area contributed by atoms with Gasteiger partial charge in [0.2, 0.25) is 5.91 Å². The minimum atomic E-state index is 0.238. The van der Waals surface area contributed by atoms with Gasteiger partial charge in [0.25, 0.3) is 0 Å². The topological polar surface area (TPSA) is 65.1 Å². The fraction of sp³-hybridized carbons (Fsp3) is 0.591. The predicted molar refractivity (Wildman–Crippen MR) is 109 cm³/mol. The second kappa shape index (κ2) is 8.03. The molecule has 0 aliphatic carbocycles. The molecule has 150 valence electrons. The first-order valence-electron chi connectivity index (χ1n) is 10.5. The number of aromatic nitrogens is 3. The first-order chi connectivity index (χ1) is 13.5. The lowest BCUT2D eigenvalue weighted by Crippen LogP contribution is -2.54. The van der Waals surface area contributed by atoms with E-state index in [-0.39, 0.29) is 11.3 Å². The number of pyridine rings is 1. The molecule has 2 aliphatic rings. The van der Waals surface area contributed by atoms with Gasteiger partial charge in [0.15, 0.2) is 0 Å². The van der Waals surface area contributed by atoms with Gasteiger partial charge in [-0.3, -0.25) is 14.9 Å². The number of aryl methyl sites for hydroxylation is 2. The van der Waals surface area contributed by atoms with Crippen molar-refractivity contribution in [3.05, 3.63) is 47.0 Å². The van der Waals surface area contributed by atoms with Crippen LogP contribution in [0.2, 0.25) is 0 Å². The van der Waals surface area contributed by atoms with E-state index in [9.17, 15) is 4.79 Å². The second-order valence-electron chi connectivity index (χ2n) is 8.61. The molecule has 1 atom stereocenters. The molecule has 1 spiro atoms. The molecule has 0 aromatic carbocycles. The second-order valence-corrected chi connectivity index (χ2v) is 8.61. The molecule has 2 fully saturated rings. The fourth-order valence-corrected chi connectivity index (χ4v) is 4.98. The van der Waals surface area contributed by atoms with Crippen molar-refractivity contribution in [2.45, 2.75) is 52.5 Å². The van der Waals surface area contributed by atoms with Crippen LogP contribution in [0.3, 0.4) is 0 Å². The van der Waals surface area contributed by atoms with E-state index in [0.29, 0.717) is 13.0 Å². The standard InChI is InChI=1S/C22H31N5O/c1-17-20(18(2)25-24-17)8-13-26-12-5-9-22(15-26)10-7-21(28)27(16-22)14-19-6-3-4-11-23-19/h3-4,6,11H,5,7-10,12-16H2,1-2H3,(H,24,25). The predicted octanol–water partition coefficient (Wildman–Crippen LogP) is 2.87. The van der Waals surface area contributed by atoms with Crippen LogP contribution in [-0.2, 0) is 17.8 Å². The highest BCUT2D eigenvalue weighted by molar-refractivity contribution is 5.77. The third-order valence-electron chi connectivity index (χ3n) is 6.53. The normalized spacial score (nSPS) is 23.5. The van der Waals surface area contributed by atoms with E-state index in [1.807, 2.05) is 29.3 Å². The molecule has 0 bridgehead atoms. The molecular formula is C22H31N5O. The maximum absolute atomic E-state index is 12.5. The Labute approximate surface area is 167 Å². The highest BCUT2D eigenvalue weighted by atomic mass is 16.2. The summed E-state index contributed by atoms with van der Waals surface area (Å²) in [6, 6.07) is 5.93. The summed E-state index contributed by atoms with van der Waals surface area (Å²) in [5.41, 5.74) is 4.88. The molecule has 0 saturated carbocycles. The third kappa shape index (κ3) is 4.12. The molecule has 6 nitrogen and oxygen atoms in total. The Morgan fingerprint density at radius 1 is 1.21 bits per heavy atom. The number of hydrogen-bond acceptors (Lipinski definition) is 4. The van der Waals surface area contributed by atoms with Crippen molar-refractivity contribution in [1.29, 1.82) is 0 Å². The number of aromatic amines is 1. The number of H-pyrrole nitrogens is 1. The van der Waals surface area contributed by atoms with E-state index in [1.54, 1.807) is 0 Å². The number of rotatable bonds is 5. The van der Waals surface area contributed by atoms with Gasteiger partial charge in [0, 0.05) is 43.4 Å². The Kier molecular flexibility index (Phi) is 5.49. The van der Waals surface area contributed by atoms with Crippen molar-refractivity contribution < 1.29 is 4.79 Å². The summed E-state index contributed by atoms with van der Waals surface area (Å²) in [6.45, 7) is 9.00. The third-order valence-corrected chi connectivity index (χ3v) is 6.53. The van der Waals surface area contributed by atoms with Crippen molar-refractivity contribution in [3.8, 4) is 0 Å². The van der Waals surface area contributed by atoms with E-state index < -0.39 is 0 Å². The van der Waals surface area contributed by atoms with Gasteiger partial charge in [-0.25, -0.2) is 0 Å². The number of piperidine rings is 2. The average Bonchev–Trinajstić information content (AvgIpc) is 3.02. The van der Waals surface area contributed by atoms with Crippen LogP contribution in [0, 0.1) is 19.3 Å². The quantitative estimate of drug-likeness (QED) is 0.865. The Balaban J connectivity index is 1.40. The van der Waals surface area contributed by atoms with Crippen molar-refractivity contribution in [2.75, 3.05) is 26.2 Å². The number of carbonyl (C=O) groups excluding carboxylic acids is 1. The summed E-state index contributed by atoms with van der Waals surface area (Å²) >= 11 is 0. The van der Waals surface area contributed by atoms with E-state index >= 15 is 0 Å². The summed E-state index contributed by atoms with van der Waals surface area (Å²) in [5, 5.41) is 7.42. The van der Waals surface area contributed by atoms with Crippen LogP contribution in [-0.4, -0.2) is 57.1 Å². The number of amides is 1. The van der Waals surface area contributed by atoms with Crippen LogP contribution < -0.4 is 0 Å². The van der Waals surface area contributed by atoms with Crippen LogP contribution in [0.4, 0.5) is 0 Å². The van der Waals surface area contributed by atoms with E-state index in [0.717, 1.165) is 50.4 Å². The molecule has 1 N–H and O–H groups in total. The Bertz CT molecular complexity index is 798. The molecule has 2 aromatic rings. The molecule has 1 unspecified atom stereocenters. The van der Waals surface area contributed by atoms with Crippen molar-refractivity contribution in [3.63, 3.8) is 0 Å². The molecule has 6 heteroatoms. The summed E-state index contributed by atoms with van der Waals surface area (Å²) < 4.78 is 0. The molecule has 1 amide bonds. The Hall–Kier alpha value is -2.21. The lowest BCUT2D eigenvalue weighted by atomic mass is 9.73. The minimum absolute atomic E-state index is 0.238. The first-order valence-corrected chi connectivity index (χ1v) is 10.5. The molecule has 4 rings (SSSR count). The molecule has 0 radical (unpaired) electrons. The number of nitrogens with one attached hydrogen (secondary N) is 1. The smallest absolute Gasteiger partial charge is 0.222 e. The number of hydrogen-bond donors (Lipinski definition) is 1. The van der Waals surface area contributed by atoms with Crippen LogP contribution in [0.5, 0.6) is 0 Å². The summed E-state index contributed by atoms with van der Waals surface area (Å²) in [7, 11) is 0. The zero-order valence-corrected chi connectivity index (χ0v) is 17.1. The maximum Gasteiger partial charge on any atom is 0.222 e. The van der Waals surface area contributed by atoms with Gasteiger partial charge in [-0.15, -0.1) is 0 Å². The van der Waals surface area contributed by atoms with E-state index in [4.69, 9.17) is 0 Å². The van der Waals surface area contributed by atoms with Gasteiger partial charge < -0.3 is 9.80 Å². The number of likely N-dealkylation sites (tertiary alicyclic amines) is 2. The fourth-order valence-electron chi connectivity index (χ4n) is 4.98. The monoisotopic (exact) mass is 381 g/mol. The Morgan fingerprint density at radius 3 is 2.86 bits per heavy atom. The van der Waals surface area contributed by atoms with E-state index in [2.05, 4.69) is 33.9 Å². The largest absolute Gasteiger partial charge is 0.336 e. The van der Waals surface area contributed by atoms with Crippen LogP contribution in [0.25, 0.3) is 0 Å². The molecule has 28 heavy (non-hydrogen) atoms. The Morgan fingerprint density at radius 2 is 2.11 bits per heavy atom. The highest BCUT2D eigenvalue weighted by Gasteiger charge is 2.41. The van der Waals surface area contributed by atoms with Crippen LogP contribution in [0.1, 0.15) is 48.3 Å².